The van der Waals surface area contributed by atoms with Crippen molar-refractivity contribution >= 4 is 23.4 Å². The number of aromatic nitrogens is 3. The third-order valence-electron chi connectivity index (χ3n) is 5.64. The largest absolute Gasteiger partial charge is 0.483 e. The van der Waals surface area contributed by atoms with Crippen LogP contribution in [0.2, 0.25) is 0 Å². The first-order chi connectivity index (χ1) is 16.7. The van der Waals surface area contributed by atoms with Crippen molar-refractivity contribution < 1.29 is 13.9 Å². The Morgan fingerprint density at radius 1 is 0.971 bits per heavy atom. The van der Waals surface area contributed by atoms with Gasteiger partial charge in [0.2, 0.25) is 5.91 Å². The molecule has 0 spiro atoms. The molecule has 8 heteroatoms. The maximum atomic E-state index is 14.0. The molecule has 0 aliphatic carbocycles. The van der Waals surface area contributed by atoms with Gasteiger partial charge in [-0.15, -0.1) is 10.2 Å². The number of carbonyl (C=O) groups is 1. The molecule has 172 valence electrons. The lowest BCUT2D eigenvalue weighted by Gasteiger charge is -2.29. The summed E-state index contributed by atoms with van der Waals surface area (Å²) in [4.78, 5) is 15.0. The van der Waals surface area contributed by atoms with Gasteiger partial charge in [0.15, 0.2) is 22.5 Å². The second-order valence-electron chi connectivity index (χ2n) is 7.86. The summed E-state index contributed by atoms with van der Waals surface area (Å²) in [5.74, 6) is 0.498. The normalized spacial score (nSPS) is 12.9. The molecule has 6 nitrogen and oxygen atoms in total. The third kappa shape index (κ3) is 4.68. The van der Waals surface area contributed by atoms with Crippen LogP contribution < -0.4 is 9.64 Å². The highest BCUT2D eigenvalue weighted by molar-refractivity contribution is 7.99. The van der Waals surface area contributed by atoms with E-state index in [-0.39, 0.29) is 24.0 Å². The van der Waals surface area contributed by atoms with E-state index in [0.29, 0.717) is 17.5 Å². The predicted octanol–water partition coefficient (Wildman–Crippen LogP) is 5.06. The monoisotopic (exact) mass is 474 g/mol. The zero-order valence-electron chi connectivity index (χ0n) is 18.4. The van der Waals surface area contributed by atoms with Crippen LogP contribution in [0.4, 0.5) is 10.1 Å². The van der Waals surface area contributed by atoms with Crippen LogP contribution in [0.25, 0.3) is 5.69 Å². The summed E-state index contributed by atoms with van der Waals surface area (Å²) in [5, 5.41) is 9.18. The molecule has 0 unspecified atom stereocenters. The van der Waals surface area contributed by atoms with Crippen LogP contribution in [0.15, 0.2) is 84.0 Å². The summed E-state index contributed by atoms with van der Waals surface area (Å²) in [7, 11) is 0. The predicted molar refractivity (Wildman–Crippen MR) is 130 cm³/mol. The molecule has 0 radical (unpaired) electrons. The van der Waals surface area contributed by atoms with E-state index in [4.69, 9.17) is 4.74 Å². The number of aryl methyl sites for hydroxylation is 1. The summed E-state index contributed by atoms with van der Waals surface area (Å²) >= 11 is 1.33. The van der Waals surface area contributed by atoms with Gasteiger partial charge in [0.1, 0.15) is 6.61 Å². The first-order valence-electron chi connectivity index (χ1n) is 11.1. The maximum Gasteiger partial charge on any atom is 0.237 e. The molecule has 0 fully saturated rings. The molecule has 1 aromatic heterocycles. The number of benzene rings is 3. The molecule has 34 heavy (non-hydrogen) atoms. The first-order valence-corrected chi connectivity index (χ1v) is 12.1. The fraction of sp³-hybridized carbons (Fsp3) is 0.192. The minimum Gasteiger partial charge on any atom is -0.483 e. The van der Waals surface area contributed by atoms with Crippen LogP contribution in [0.1, 0.15) is 17.8 Å². The first kappa shape index (κ1) is 22.2. The summed E-state index contributed by atoms with van der Waals surface area (Å²) < 4.78 is 21.5. The van der Waals surface area contributed by atoms with Gasteiger partial charge in [-0.3, -0.25) is 9.36 Å². The zero-order chi connectivity index (χ0) is 23.3. The standard InChI is InChI=1S/C26H23FN4O2S/c27-21-13-5-7-15-23(21)33-17-24-28-29-26(31(24)20-11-2-1-3-12-20)34-18-25(32)30-16-8-10-19-9-4-6-14-22(19)30/h1-7,9,11-15H,8,10,16-18H2. The highest BCUT2D eigenvalue weighted by Gasteiger charge is 2.23. The third-order valence-corrected chi connectivity index (χ3v) is 6.56. The maximum absolute atomic E-state index is 14.0. The topological polar surface area (TPSA) is 60.2 Å². The number of amides is 1. The van der Waals surface area contributed by atoms with Gasteiger partial charge in [-0.05, 0) is 48.7 Å². The smallest absolute Gasteiger partial charge is 0.237 e. The van der Waals surface area contributed by atoms with Crippen molar-refractivity contribution in [1.82, 2.24) is 14.8 Å². The Balaban J connectivity index is 1.36. The number of thioether (sulfide) groups is 1. The lowest BCUT2D eigenvalue weighted by atomic mass is 10.0. The van der Waals surface area contributed by atoms with Crippen LogP contribution >= 0.6 is 11.8 Å². The van der Waals surface area contributed by atoms with Gasteiger partial charge in [-0.25, -0.2) is 4.39 Å². The van der Waals surface area contributed by atoms with E-state index in [1.54, 1.807) is 18.2 Å². The van der Waals surface area contributed by atoms with Crippen molar-refractivity contribution in [3.63, 3.8) is 0 Å². The summed E-state index contributed by atoms with van der Waals surface area (Å²) in [5.41, 5.74) is 3.04. The number of para-hydroxylation sites is 3. The van der Waals surface area contributed by atoms with E-state index >= 15 is 0 Å². The van der Waals surface area contributed by atoms with Gasteiger partial charge in [0.25, 0.3) is 0 Å². The number of anilines is 1. The molecular weight excluding hydrogens is 451 g/mol. The number of hydrogen-bond acceptors (Lipinski definition) is 5. The van der Waals surface area contributed by atoms with Crippen molar-refractivity contribution in [2.24, 2.45) is 0 Å². The molecule has 1 aliphatic heterocycles. The Morgan fingerprint density at radius 2 is 1.74 bits per heavy atom. The molecule has 0 saturated carbocycles. The molecule has 0 atom stereocenters. The van der Waals surface area contributed by atoms with Gasteiger partial charge in [-0.2, -0.15) is 0 Å². The minimum absolute atomic E-state index is 0.0314. The highest BCUT2D eigenvalue weighted by Crippen LogP contribution is 2.29. The molecule has 1 aliphatic rings. The van der Waals surface area contributed by atoms with Crippen LogP contribution in [-0.2, 0) is 17.8 Å². The molecule has 3 aromatic carbocycles. The Labute approximate surface area is 201 Å². The molecule has 0 bridgehead atoms. The van der Waals surface area contributed by atoms with E-state index in [1.165, 1.54) is 23.4 Å². The number of fused-ring (bicyclic) bond motifs is 1. The van der Waals surface area contributed by atoms with E-state index in [1.807, 2.05) is 58.0 Å². The summed E-state index contributed by atoms with van der Waals surface area (Å²) in [6, 6.07) is 23.9. The van der Waals surface area contributed by atoms with Crippen molar-refractivity contribution in [2.45, 2.75) is 24.6 Å². The number of ether oxygens (including phenoxy) is 1. The SMILES string of the molecule is O=C(CSc1nnc(COc2ccccc2F)n1-c1ccccc1)N1CCCc2ccccc21. The highest BCUT2D eigenvalue weighted by atomic mass is 32.2. The molecule has 1 amide bonds. The Morgan fingerprint density at radius 3 is 2.59 bits per heavy atom. The average Bonchev–Trinajstić information content (AvgIpc) is 3.29. The molecule has 0 saturated heterocycles. The van der Waals surface area contributed by atoms with Crippen molar-refractivity contribution in [1.29, 1.82) is 0 Å². The summed E-state index contributed by atoms with van der Waals surface area (Å²) in [6.07, 6.45) is 1.94. The zero-order valence-corrected chi connectivity index (χ0v) is 19.2. The van der Waals surface area contributed by atoms with Crippen molar-refractivity contribution in [3.8, 4) is 11.4 Å². The lowest BCUT2D eigenvalue weighted by molar-refractivity contribution is -0.116. The van der Waals surface area contributed by atoms with Crippen LogP contribution in [0.3, 0.4) is 0 Å². The molecule has 5 rings (SSSR count). The van der Waals surface area contributed by atoms with E-state index in [2.05, 4.69) is 16.3 Å². The number of hydrogen-bond donors (Lipinski definition) is 0. The van der Waals surface area contributed by atoms with Crippen LogP contribution in [-0.4, -0.2) is 33.0 Å². The van der Waals surface area contributed by atoms with Gasteiger partial charge >= 0.3 is 0 Å². The number of nitrogens with zero attached hydrogens (tertiary/aromatic N) is 4. The Bertz CT molecular complexity index is 1290. The molecule has 4 aromatic rings. The van der Waals surface area contributed by atoms with Gasteiger partial charge in [0.05, 0.1) is 5.75 Å². The second kappa shape index (κ2) is 10.1. The Kier molecular flexibility index (Phi) is 6.58. The fourth-order valence-electron chi connectivity index (χ4n) is 4.02. The van der Waals surface area contributed by atoms with Gasteiger partial charge < -0.3 is 9.64 Å². The number of halogens is 1. The molecule has 2 heterocycles. The lowest BCUT2D eigenvalue weighted by Crippen LogP contribution is -2.36. The van der Waals surface area contributed by atoms with Crippen molar-refractivity contribution in [3.05, 3.63) is 96.1 Å². The van der Waals surface area contributed by atoms with Crippen molar-refractivity contribution in [2.75, 3.05) is 17.2 Å². The Hall–Kier alpha value is -3.65. The minimum atomic E-state index is -0.435. The van der Waals surface area contributed by atoms with Crippen LogP contribution in [0.5, 0.6) is 5.75 Å². The van der Waals surface area contributed by atoms with Crippen LogP contribution in [0, 0.1) is 5.82 Å². The second-order valence-corrected chi connectivity index (χ2v) is 8.80. The van der Waals surface area contributed by atoms with E-state index in [9.17, 15) is 9.18 Å². The fourth-order valence-corrected chi connectivity index (χ4v) is 4.87. The molecular formula is C26H23FN4O2S. The van der Waals surface area contributed by atoms with E-state index in [0.717, 1.165) is 24.2 Å². The number of carbonyl (C=O) groups excluding carboxylic acids is 1. The quantitative estimate of drug-likeness (QED) is 0.351. The van der Waals surface area contributed by atoms with Gasteiger partial charge in [-0.1, -0.05) is 60.3 Å². The average molecular weight is 475 g/mol. The summed E-state index contributed by atoms with van der Waals surface area (Å²) in [6.45, 7) is 0.750. The van der Waals surface area contributed by atoms with Gasteiger partial charge in [0, 0.05) is 17.9 Å². The molecule has 0 N–H and O–H groups in total. The number of rotatable bonds is 7. The van der Waals surface area contributed by atoms with E-state index < -0.39 is 5.82 Å².